The number of phenolic OH excluding ortho intramolecular Hbond substituents is 1. The molecule has 3 atom stereocenters. The first kappa shape index (κ1) is 46.7. The number of carboxylic acid groups (broad SMARTS) is 1. The molecule has 23 nitrogen and oxygen atoms in total. The number of azo groups is 3. The number of carbonyl (C=O) groups excluding carboxylic acids is 1. The SMILES string of the molecule is O=C(O)C1=NN(c2ccc(S(=O)O)cc2)C(=O)C1/N=N/c1ccc2c(O)c(/N=N/c3cc(OCCO)c(/N=N/c4ccc5ccccc5c4S(=O)(=O)O)cc3OCCO)c(S(=O)O)cc2c1. The van der Waals surface area contributed by atoms with Crippen LogP contribution in [0.25, 0.3) is 21.5 Å². The molecule has 7 rings (SSSR count). The highest BCUT2D eigenvalue weighted by atomic mass is 32.2. The fraction of sp³-hybridized carbons (Fsp3) is 0.125. The number of hydrazone groups is 1. The highest BCUT2D eigenvalue weighted by Crippen LogP contribution is 2.45. The van der Waals surface area contributed by atoms with Gasteiger partial charge in [0.05, 0.1) is 34.4 Å². The maximum atomic E-state index is 13.3. The number of aromatic hydroxyl groups is 1. The molecule has 1 heterocycles. The first-order chi connectivity index (χ1) is 31.6. The standard InChI is InChI=1S/C40H32N8O15S3/c49-13-15-62-31-20-30(32(63-16-14-50)19-29(31)43-42-28-12-5-21-3-1-2-4-27(21)38(28)66(59,60)61)44-45-34-33(65(57)58)18-22-17-23(6-11-26(22)37(34)51)41-46-35-36(40(53)54)47-48(39(35)52)24-7-9-25(10-8-24)64(55)56/h1-12,17-20,35,49-51H,13-16H2,(H,53,54)(H,55,56)(H,57,58)(H,59,60,61)/b43-42+,45-44+,46-41+. The van der Waals surface area contributed by atoms with Gasteiger partial charge in [0, 0.05) is 22.9 Å². The Morgan fingerprint density at radius 2 is 1.38 bits per heavy atom. The van der Waals surface area contributed by atoms with Crippen LogP contribution in [-0.4, -0.2) is 101 Å². The number of aliphatic carboxylic acids is 1. The molecule has 0 aromatic heterocycles. The van der Waals surface area contributed by atoms with E-state index in [0.717, 1.165) is 5.01 Å². The minimum Gasteiger partial charge on any atom is -0.505 e. The molecule has 340 valence electrons. The lowest BCUT2D eigenvalue weighted by Gasteiger charge is -2.13. The van der Waals surface area contributed by atoms with Gasteiger partial charge in [-0.05, 0) is 65.4 Å². The van der Waals surface area contributed by atoms with Crippen molar-refractivity contribution in [3.63, 3.8) is 0 Å². The highest BCUT2D eigenvalue weighted by molar-refractivity contribution is 7.86. The Bertz CT molecular complexity index is 3200. The van der Waals surface area contributed by atoms with Crippen LogP contribution in [0.3, 0.4) is 0 Å². The van der Waals surface area contributed by atoms with E-state index in [1.54, 1.807) is 24.3 Å². The first-order valence-electron chi connectivity index (χ1n) is 18.8. The zero-order valence-electron chi connectivity index (χ0n) is 33.3. The average Bonchev–Trinajstić information content (AvgIpc) is 3.63. The van der Waals surface area contributed by atoms with Crippen LogP contribution in [0.5, 0.6) is 17.2 Å². The molecule has 0 radical (unpaired) electrons. The summed E-state index contributed by atoms with van der Waals surface area (Å²) in [6, 6.07) is 20.3. The Labute approximate surface area is 376 Å². The van der Waals surface area contributed by atoms with E-state index in [9.17, 15) is 60.5 Å². The normalized spacial score (nSPS) is 15.3. The number of aliphatic hydroxyl groups excluding tert-OH is 2. The lowest BCUT2D eigenvalue weighted by atomic mass is 10.1. The molecule has 1 amide bonds. The van der Waals surface area contributed by atoms with Crippen molar-refractivity contribution in [2.75, 3.05) is 31.4 Å². The molecule has 6 aromatic carbocycles. The van der Waals surface area contributed by atoms with Crippen LogP contribution in [0.2, 0.25) is 0 Å². The molecule has 0 saturated carbocycles. The van der Waals surface area contributed by atoms with Crippen molar-refractivity contribution in [2.24, 2.45) is 35.8 Å². The van der Waals surface area contributed by atoms with Crippen molar-refractivity contribution in [2.45, 2.75) is 20.7 Å². The average molecular weight is 961 g/mol. The Morgan fingerprint density at radius 3 is 1.98 bits per heavy atom. The van der Waals surface area contributed by atoms with Gasteiger partial charge < -0.3 is 39.0 Å². The monoisotopic (exact) mass is 960 g/mol. The second-order valence-corrected chi connectivity index (χ2v) is 16.7. The Hall–Kier alpha value is -7.30. The molecular weight excluding hydrogens is 929 g/mol. The maximum Gasteiger partial charge on any atom is 0.355 e. The zero-order chi connectivity index (χ0) is 47.3. The molecule has 26 heteroatoms. The molecule has 0 saturated heterocycles. The van der Waals surface area contributed by atoms with E-state index in [2.05, 4.69) is 35.8 Å². The molecule has 1 aliphatic rings. The van der Waals surface area contributed by atoms with Crippen molar-refractivity contribution in [1.82, 2.24) is 0 Å². The van der Waals surface area contributed by atoms with E-state index in [4.69, 9.17) is 9.47 Å². The van der Waals surface area contributed by atoms with E-state index in [1.165, 1.54) is 72.8 Å². The van der Waals surface area contributed by atoms with Crippen molar-refractivity contribution in [3.05, 3.63) is 97.1 Å². The van der Waals surface area contributed by atoms with E-state index < -0.39 is 90.4 Å². The number of carbonyl (C=O) groups is 2. The number of aliphatic hydroxyl groups is 2. The van der Waals surface area contributed by atoms with E-state index in [-0.39, 0.29) is 74.2 Å². The molecular formula is C40H32N8O15S3. The molecule has 6 aromatic rings. The Kier molecular flexibility index (Phi) is 14.0. The van der Waals surface area contributed by atoms with Gasteiger partial charge in [-0.25, -0.2) is 13.2 Å². The quantitative estimate of drug-likeness (QED) is 0.0287. The molecule has 0 aliphatic carbocycles. The summed E-state index contributed by atoms with van der Waals surface area (Å²) < 4.78 is 90.0. The van der Waals surface area contributed by atoms with Crippen molar-refractivity contribution in [1.29, 1.82) is 0 Å². The second-order valence-electron chi connectivity index (χ2n) is 13.5. The van der Waals surface area contributed by atoms with Gasteiger partial charge in [0.25, 0.3) is 16.0 Å². The Morgan fingerprint density at radius 1 is 0.742 bits per heavy atom. The smallest absolute Gasteiger partial charge is 0.355 e. The number of rotatable bonds is 17. The minimum atomic E-state index is -4.82. The summed E-state index contributed by atoms with van der Waals surface area (Å²) in [7, 11) is -4.82. The van der Waals surface area contributed by atoms with Gasteiger partial charge >= 0.3 is 5.97 Å². The van der Waals surface area contributed by atoms with E-state index in [0.29, 0.717) is 5.39 Å². The van der Waals surface area contributed by atoms with Gasteiger partial charge in [-0.1, -0.05) is 30.3 Å². The second kappa shape index (κ2) is 19.8. The summed E-state index contributed by atoms with van der Waals surface area (Å²) in [6.07, 6.45) is 0. The summed E-state index contributed by atoms with van der Waals surface area (Å²) in [6.45, 7) is -1.50. The number of phenols is 1. The largest absolute Gasteiger partial charge is 0.505 e. The van der Waals surface area contributed by atoms with Gasteiger partial charge in [-0.3, -0.25) is 9.35 Å². The number of carboxylic acids is 1. The van der Waals surface area contributed by atoms with Gasteiger partial charge in [-0.2, -0.15) is 28.8 Å². The van der Waals surface area contributed by atoms with Crippen molar-refractivity contribution in [3.8, 4) is 17.2 Å². The lowest BCUT2D eigenvalue weighted by molar-refractivity contribution is -0.130. The maximum absolute atomic E-state index is 13.3. The molecule has 0 spiro atoms. The minimum absolute atomic E-state index is 0.0184. The van der Waals surface area contributed by atoms with Crippen LogP contribution >= 0.6 is 0 Å². The summed E-state index contributed by atoms with van der Waals surface area (Å²) in [5.74, 6) is -3.32. The van der Waals surface area contributed by atoms with Gasteiger partial charge in [0.1, 0.15) is 52.4 Å². The third-order valence-corrected chi connectivity index (χ3v) is 11.6. The molecule has 3 unspecified atom stereocenters. The molecule has 66 heavy (non-hydrogen) atoms. The van der Waals surface area contributed by atoms with Crippen molar-refractivity contribution < 1.29 is 70.0 Å². The predicted octanol–water partition coefficient (Wildman–Crippen LogP) is 6.62. The summed E-state index contributed by atoms with van der Waals surface area (Å²) in [4.78, 5) is 24.3. The number of amides is 1. The topological polar surface area (TPSA) is 352 Å². The van der Waals surface area contributed by atoms with Crippen LogP contribution in [0, 0.1) is 0 Å². The van der Waals surface area contributed by atoms with Gasteiger partial charge in [0.15, 0.2) is 33.6 Å². The van der Waals surface area contributed by atoms with E-state index in [1.807, 2.05) is 0 Å². The number of anilines is 1. The molecule has 0 fully saturated rings. The Balaban J connectivity index is 1.22. The molecule has 1 aliphatic heterocycles. The first-order valence-corrected chi connectivity index (χ1v) is 22.4. The number of ether oxygens (including phenoxy) is 2. The summed E-state index contributed by atoms with van der Waals surface area (Å²) >= 11 is -5.12. The fourth-order valence-corrected chi connectivity index (χ4v) is 8.12. The highest BCUT2D eigenvalue weighted by Gasteiger charge is 2.41. The number of hydrogen-bond acceptors (Lipinski definition) is 18. The van der Waals surface area contributed by atoms with Crippen LogP contribution < -0.4 is 14.5 Å². The summed E-state index contributed by atoms with van der Waals surface area (Å²) in [5.41, 5.74) is -1.52. The predicted molar refractivity (Wildman–Crippen MR) is 235 cm³/mol. The number of nitrogens with zero attached hydrogens (tertiary/aromatic N) is 8. The fourth-order valence-electron chi connectivity index (χ4n) is 6.38. The third-order valence-electron chi connectivity index (χ3n) is 9.30. The zero-order valence-corrected chi connectivity index (χ0v) is 35.8. The number of fused-ring (bicyclic) bond motifs is 2. The molecule has 7 N–H and O–H groups in total. The van der Waals surface area contributed by atoms with Crippen LogP contribution in [-0.2, 0) is 41.9 Å². The van der Waals surface area contributed by atoms with E-state index >= 15 is 0 Å². The number of benzene rings is 6. The molecule has 0 bridgehead atoms. The third kappa shape index (κ3) is 9.99. The van der Waals surface area contributed by atoms with Gasteiger partial charge in [-0.15, -0.1) is 20.5 Å². The van der Waals surface area contributed by atoms with Crippen LogP contribution in [0.15, 0.2) is 148 Å². The van der Waals surface area contributed by atoms with Crippen molar-refractivity contribution >= 4 is 106 Å². The van der Waals surface area contributed by atoms with Crippen LogP contribution in [0.4, 0.5) is 34.1 Å². The summed E-state index contributed by atoms with van der Waals surface area (Å²) in [5, 5.41) is 70.0. The lowest BCUT2D eigenvalue weighted by Crippen LogP contribution is -2.33. The van der Waals surface area contributed by atoms with Gasteiger partial charge in [0.2, 0.25) is 6.04 Å². The van der Waals surface area contributed by atoms with Crippen LogP contribution in [0.1, 0.15) is 0 Å². The number of hydrogen-bond donors (Lipinski definition) is 7.